The van der Waals surface area contributed by atoms with E-state index in [1.165, 1.54) is 0 Å². The van der Waals surface area contributed by atoms with Crippen LogP contribution in [0.15, 0.2) is 24.5 Å². The monoisotopic (exact) mass is 273 g/mol. The first-order valence-corrected chi connectivity index (χ1v) is 6.31. The van der Waals surface area contributed by atoms with Crippen LogP contribution in [0.3, 0.4) is 0 Å². The van der Waals surface area contributed by atoms with Gasteiger partial charge in [-0.25, -0.2) is 0 Å². The van der Waals surface area contributed by atoms with Crippen molar-refractivity contribution < 1.29 is 9.53 Å². The van der Waals surface area contributed by atoms with Crippen molar-refractivity contribution in [1.29, 1.82) is 0 Å². The molecule has 2 aromatic rings. The summed E-state index contributed by atoms with van der Waals surface area (Å²) in [6.45, 7) is 1.39. The third kappa shape index (κ3) is 2.62. The third-order valence-corrected chi connectivity index (χ3v) is 3.09. The first-order valence-electron chi connectivity index (χ1n) is 6.31. The molecule has 7 nitrogen and oxygen atoms in total. The molecule has 0 fully saturated rings. The summed E-state index contributed by atoms with van der Waals surface area (Å²) in [6.07, 6.45) is 1.67. The predicted molar refractivity (Wildman–Crippen MR) is 72.1 cm³/mol. The highest BCUT2D eigenvalue weighted by molar-refractivity contribution is 5.95. The smallest absolute Gasteiger partial charge is 0.262 e. The number of ether oxygens (including phenoxy) is 1. The first-order chi connectivity index (χ1) is 9.72. The average Bonchev–Trinajstić information content (AvgIpc) is 2.84. The van der Waals surface area contributed by atoms with Gasteiger partial charge in [-0.1, -0.05) is 6.07 Å². The Kier molecular flexibility index (Phi) is 3.34. The maximum absolute atomic E-state index is 11.3. The molecule has 1 aromatic carbocycles. The lowest BCUT2D eigenvalue weighted by Gasteiger charge is -2.18. The van der Waals surface area contributed by atoms with Gasteiger partial charge in [0.1, 0.15) is 17.9 Å². The Morgan fingerprint density at radius 2 is 2.35 bits per heavy atom. The molecule has 0 saturated carbocycles. The molecule has 0 aliphatic carbocycles. The Bertz CT molecular complexity index is 637. The molecular formula is C13H15N5O2. The molecule has 104 valence electrons. The lowest BCUT2D eigenvalue weighted by molar-refractivity contribution is -0.118. The van der Waals surface area contributed by atoms with Crippen LogP contribution in [0, 0.1) is 0 Å². The molecular weight excluding hydrogens is 258 g/mol. The number of fused-ring (bicyclic) bond motifs is 1. The molecule has 20 heavy (non-hydrogen) atoms. The van der Waals surface area contributed by atoms with Gasteiger partial charge in [0.2, 0.25) is 0 Å². The maximum atomic E-state index is 11.3. The fraction of sp³-hybridized carbons (Fsp3) is 0.308. The summed E-state index contributed by atoms with van der Waals surface area (Å²) in [6, 6.07) is 5.75. The molecule has 0 spiro atoms. The Labute approximate surface area is 116 Å². The number of nitrogens with one attached hydrogen (secondary N) is 2. The Balaban J connectivity index is 1.62. The number of amides is 1. The van der Waals surface area contributed by atoms with Crippen molar-refractivity contribution in [2.24, 2.45) is 7.05 Å². The Morgan fingerprint density at radius 3 is 3.15 bits per heavy atom. The Morgan fingerprint density at radius 1 is 1.45 bits per heavy atom. The Hall–Kier alpha value is -2.41. The number of aromatic nitrogens is 3. The summed E-state index contributed by atoms with van der Waals surface area (Å²) in [5, 5.41) is 13.9. The molecule has 0 bridgehead atoms. The molecule has 0 atom stereocenters. The van der Waals surface area contributed by atoms with Crippen molar-refractivity contribution in [3.8, 4) is 5.75 Å². The highest BCUT2D eigenvalue weighted by Gasteiger charge is 2.15. The van der Waals surface area contributed by atoms with E-state index in [2.05, 4.69) is 20.8 Å². The van der Waals surface area contributed by atoms with E-state index in [9.17, 15) is 4.79 Å². The van der Waals surface area contributed by atoms with Crippen molar-refractivity contribution in [1.82, 2.24) is 20.1 Å². The van der Waals surface area contributed by atoms with Crippen molar-refractivity contribution in [3.63, 3.8) is 0 Å². The normalized spacial score (nSPS) is 13.6. The van der Waals surface area contributed by atoms with Crippen molar-refractivity contribution in [2.45, 2.75) is 13.1 Å². The van der Waals surface area contributed by atoms with Gasteiger partial charge >= 0.3 is 0 Å². The molecule has 7 heteroatoms. The molecule has 3 rings (SSSR count). The van der Waals surface area contributed by atoms with Crippen LogP contribution in [-0.2, 0) is 24.9 Å². The van der Waals surface area contributed by atoms with E-state index in [1.54, 1.807) is 6.33 Å². The fourth-order valence-corrected chi connectivity index (χ4v) is 2.03. The summed E-state index contributed by atoms with van der Waals surface area (Å²) in [7, 11) is 1.91. The summed E-state index contributed by atoms with van der Waals surface area (Å²) < 4.78 is 7.18. The molecule has 0 radical (unpaired) electrons. The molecule has 2 N–H and O–H groups in total. The second-order valence-electron chi connectivity index (χ2n) is 4.63. The third-order valence-electron chi connectivity index (χ3n) is 3.09. The quantitative estimate of drug-likeness (QED) is 0.844. The minimum absolute atomic E-state index is 0.0801. The number of hydrogen-bond donors (Lipinski definition) is 2. The number of carbonyl (C=O) groups excluding carboxylic acids is 1. The lowest BCUT2D eigenvalue weighted by Crippen LogP contribution is -2.25. The maximum Gasteiger partial charge on any atom is 0.262 e. The van der Waals surface area contributed by atoms with E-state index in [-0.39, 0.29) is 12.5 Å². The summed E-state index contributed by atoms with van der Waals surface area (Å²) in [5.74, 6) is 1.46. The van der Waals surface area contributed by atoms with E-state index in [0.29, 0.717) is 18.8 Å². The van der Waals surface area contributed by atoms with Crippen molar-refractivity contribution in [2.75, 3.05) is 11.9 Å². The number of hydrogen-bond acceptors (Lipinski definition) is 5. The minimum Gasteiger partial charge on any atom is -0.482 e. The number of anilines is 1. The second-order valence-corrected chi connectivity index (χ2v) is 4.63. The van der Waals surface area contributed by atoms with Crippen LogP contribution in [-0.4, -0.2) is 27.3 Å². The van der Waals surface area contributed by atoms with Crippen LogP contribution in [0.5, 0.6) is 5.75 Å². The van der Waals surface area contributed by atoms with Crippen LogP contribution in [0.2, 0.25) is 0 Å². The van der Waals surface area contributed by atoms with Gasteiger partial charge in [0.25, 0.3) is 5.91 Å². The van der Waals surface area contributed by atoms with Gasteiger partial charge in [0, 0.05) is 13.6 Å². The first kappa shape index (κ1) is 12.6. The molecule has 1 aliphatic heterocycles. The van der Waals surface area contributed by atoms with Gasteiger partial charge in [0.05, 0.1) is 12.2 Å². The molecule has 1 aliphatic rings. The largest absolute Gasteiger partial charge is 0.482 e. The van der Waals surface area contributed by atoms with Crippen LogP contribution < -0.4 is 15.4 Å². The van der Waals surface area contributed by atoms with Gasteiger partial charge in [-0.3, -0.25) is 4.79 Å². The fourth-order valence-electron chi connectivity index (χ4n) is 2.03. The SMILES string of the molecule is Cn1cnnc1CNCc1ccc2c(c1)NC(=O)CO2. The minimum atomic E-state index is -0.123. The highest BCUT2D eigenvalue weighted by Crippen LogP contribution is 2.28. The van der Waals surface area contributed by atoms with Crippen molar-refractivity contribution >= 4 is 11.6 Å². The van der Waals surface area contributed by atoms with Gasteiger partial charge in [-0.15, -0.1) is 10.2 Å². The number of rotatable bonds is 4. The van der Waals surface area contributed by atoms with E-state index >= 15 is 0 Å². The zero-order valence-corrected chi connectivity index (χ0v) is 11.1. The zero-order valence-electron chi connectivity index (χ0n) is 11.1. The number of nitrogens with zero attached hydrogens (tertiary/aromatic N) is 3. The predicted octanol–water partition coefficient (Wildman–Crippen LogP) is 0.436. The van der Waals surface area contributed by atoms with E-state index in [1.807, 2.05) is 29.8 Å². The summed E-state index contributed by atoms with van der Waals surface area (Å²) in [4.78, 5) is 11.3. The van der Waals surface area contributed by atoms with Crippen LogP contribution >= 0.6 is 0 Å². The summed E-state index contributed by atoms with van der Waals surface area (Å²) in [5.41, 5.74) is 1.79. The number of benzene rings is 1. The van der Waals surface area contributed by atoms with Gasteiger partial charge in [-0.05, 0) is 17.7 Å². The van der Waals surface area contributed by atoms with Crippen LogP contribution in [0.4, 0.5) is 5.69 Å². The van der Waals surface area contributed by atoms with E-state index in [0.717, 1.165) is 17.1 Å². The van der Waals surface area contributed by atoms with Gasteiger partial charge in [0.15, 0.2) is 6.61 Å². The van der Waals surface area contributed by atoms with Gasteiger partial charge in [-0.2, -0.15) is 0 Å². The second kappa shape index (κ2) is 5.30. The molecule has 0 unspecified atom stereocenters. The topological polar surface area (TPSA) is 81.1 Å². The van der Waals surface area contributed by atoms with Crippen molar-refractivity contribution in [3.05, 3.63) is 35.9 Å². The standard InChI is InChI=1S/C13H15N5O2/c1-18-8-15-17-12(18)6-14-5-9-2-3-11-10(4-9)16-13(19)7-20-11/h2-4,8,14H,5-7H2,1H3,(H,16,19). The molecule has 1 amide bonds. The van der Waals surface area contributed by atoms with Crippen LogP contribution in [0.1, 0.15) is 11.4 Å². The van der Waals surface area contributed by atoms with E-state index in [4.69, 9.17) is 4.74 Å². The zero-order chi connectivity index (χ0) is 13.9. The number of carbonyl (C=O) groups is 1. The molecule has 0 saturated heterocycles. The highest BCUT2D eigenvalue weighted by atomic mass is 16.5. The molecule has 1 aromatic heterocycles. The van der Waals surface area contributed by atoms with Crippen LogP contribution in [0.25, 0.3) is 0 Å². The average molecular weight is 273 g/mol. The summed E-state index contributed by atoms with van der Waals surface area (Å²) >= 11 is 0. The van der Waals surface area contributed by atoms with Gasteiger partial charge < -0.3 is 19.9 Å². The number of aryl methyl sites for hydroxylation is 1. The molecule has 2 heterocycles. The van der Waals surface area contributed by atoms with E-state index < -0.39 is 0 Å². The lowest BCUT2D eigenvalue weighted by atomic mass is 10.1.